The molecule has 0 saturated carbocycles. The van der Waals surface area contributed by atoms with Gasteiger partial charge in [0.2, 0.25) is 0 Å². The van der Waals surface area contributed by atoms with Gasteiger partial charge in [-0.1, -0.05) is 0 Å². The van der Waals surface area contributed by atoms with E-state index in [1.165, 1.54) is 18.7 Å². The second-order valence-electron chi connectivity index (χ2n) is 3.92. The molecular formula is C9H16NOP. The predicted molar refractivity (Wildman–Crippen MR) is 52.2 cm³/mol. The van der Waals surface area contributed by atoms with Crippen LogP contribution >= 0.6 is 8.58 Å². The van der Waals surface area contributed by atoms with Gasteiger partial charge in [0, 0.05) is 6.04 Å². The van der Waals surface area contributed by atoms with Crippen LogP contribution in [0.2, 0.25) is 0 Å². The van der Waals surface area contributed by atoms with Crippen LogP contribution in [0.5, 0.6) is 0 Å². The minimum absolute atomic E-state index is 0.183. The number of Topliss-reactive ketones (excluding diaryl/α,β-unsaturated/α-hetero) is 1. The van der Waals surface area contributed by atoms with Crippen LogP contribution in [0.1, 0.15) is 19.8 Å². The molecule has 3 heteroatoms. The van der Waals surface area contributed by atoms with E-state index in [1.54, 1.807) is 6.92 Å². The molecule has 2 heterocycles. The molecule has 4 atom stereocenters. The van der Waals surface area contributed by atoms with Crippen molar-refractivity contribution in [3.63, 3.8) is 0 Å². The van der Waals surface area contributed by atoms with Gasteiger partial charge in [0.25, 0.3) is 0 Å². The van der Waals surface area contributed by atoms with Crippen molar-refractivity contribution in [2.75, 3.05) is 12.3 Å². The van der Waals surface area contributed by atoms with Gasteiger partial charge in [-0.05, 0) is 38.0 Å². The predicted octanol–water partition coefficient (Wildman–Crippen LogP) is 1.00. The first kappa shape index (κ1) is 8.65. The van der Waals surface area contributed by atoms with Gasteiger partial charge < -0.3 is 5.32 Å². The summed E-state index contributed by atoms with van der Waals surface area (Å²) >= 11 is 0. The van der Waals surface area contributed by atoms with E-state index in [-0.39, 0.29) is 6.04 Å². The molecule has 0 aromatic heterocycles. The molecule has 0 aliphatic carbocycles. The average molecular weight is 185 g/mol. The van der Waals surface area contributed by atoms with E-state index < -0.39 is 0 Å². The van der Waals surface area contributed by atoms with Crippen LogP contribution in [0.15, 0.2) is 0 Å². The van der Waals surface area contributed by atoms with Crippen molar-refractivity contribution < 1.29 is 4.79 Å². The van der Waals surface area contributed by atoms with Gasteiger partial charge in [0.1, 0.15) is 5.78 Å². The molecule has 0 spiro atoms. The van der Waals surface area contributed by atoms with Gasteiger partial charge in [-0.3, -0.25) is 4.79 Å². The van der Waals surface area contributed by atoms with Crippen molar-refractivity contribution in [1.29, 1.82) is 0 Å². The Bertz CT molecular complexity index is 181. The minimum atomic E-state index is 0.183. The second-order valence-corrected chi connectivity index (χ2v) is 5.33. The highest BCUT2D eigenvalue weighted by Crippen LogP contribution is 2.34. The van der Waals surface area contributed by atoms with Gasteiger partial charge in [0.05, 0.1) is 6.04 Å². The van der Waals surface area contributed by atoms with Crippen molar-refractivity contribution in [3.8, 4) is 0 Å². The summed E-state index contributed by atoms with van der Waals surface area (Å²) in [5.74, 6) is 1.13. The van der Waals surface area contributed by atoms with E-state index in [0.717, 1.165) is 20.9 Å². The highest BCUT2D eigenvalue weighted by molar-refractivity contribution is 7.38. The molecule has 2 aliphatic rings. The number of carbonyl (C=O) groups is 1. The number of hydrogen-bond donors (Lipinski definition) is 1. The monoisotopic (exact) mass is 185 g/mol. The summed E-state index contributed by atoms with van der Waals surface area (Å²) in [4.78, 5) is 11.1. The van der Waals surface area contributed by atoms with Crippen molar-refractivity contribution in [1.82, 2.24) is 5.32 Å². The van der Waals surface area contributed by atoms with Crippen LogP contribution in [-0.2, 0) is 4.79 Å². The number of nitrogens with one attached hydrogen (secondary N) is 1. The van der Waals surface area contributed by atoms with Crippen molar-refractivity contribution in [3.05, 3.63) is 0 Å². The fraction of sp³-hybridized carbons (Fsp3) is 0.889. The molecule has 0 aromatic rings. The molecule has 2 nitrogen and oxygen atoms in total. The largest absolute Gasteiger partial charge is 0.304 e. The first-order valence-electron chi connectivity index (χ1n) is 4.74. The minimum Gasteiger partial charge on any atom is -0.304 e. The zero-order chi connectivity index (χ0) is 8.55. The van der Waals surface area contributed by atoms with Gasteiger partial charge in [-0.2, -0.15) is 0 Å². The summed E-state index contributed by atoms with van der Waals surface area (Å²) < 4.78 is 0. The highest BCUT2D eigenvalue weighted by atomic mass is 31.1. The third-order valence-corrected chi connectivity index (χ3v) is 4.44. The second kappa shape index (κ2) is 3.43. The Balaban J connectivity index is 1.98. The lowest BCUT2D eigenvalue weighted by Gasteiger charge is -2.24. The maximum Gasteiger partial charge on any atom is 0.146 e. The summed E-state index contributed by atoms with van der Waals surface area (Å²) in [5, 5.41) is 3.45. The molecule has 2 saturated heterocycles. The van der Waals surface area contributed by atoms with Crippen molar-refractivity contribution >= 4 is 14.4 Å². The van der Waals surface area contributed by atoms with Crippen LogP contribution in [0.4, 0.5) is 0 Å². The summed E-state index contributed by atoms with van der Waals surface area (Å²) in [6.45, 7) is 1.71. The summed E-state index contributed by atoms with van der Waals surface area (Å²) in [5.41, 5.74) is 0. The average Bonchev–Trinajstić information content (AvgIpc) is 2.46. The van der Waals surface area contributed by atoms with Crippen LogP contribution in [0, 0.1) is 5.92 Å². The molecule has 4 unspecified atom stereocenters. The molecule has 2 rings (SSSR count). The molecule has 2 fully saturated rings. The maximum absolute atomic E-state index is 11.1. The molecule has 1 N–H and O–H groups in total. The third kappa shape index (κ3) is 1.55. The van der Waals surface area contributed by atoms with Gasteiger partial charge >= 0.3 is 0 Å². The van der Waals surface area contributed by atoms with Crippen molar-refractivity contribution in [2.45, 2.75) is 31.8 Å². The Morgan fingerprint density at radius 1 is 1.58 bits per heavy atom. The third-order valence-electron chi connectivity index (χ3n) is 3.07. The lowest BCUT2D eigenvalue weighted by atomic mass is 9.96. The Morgan fingerprint density at radius 3 is 3.08 bits per heavy atom. The van der Waals surface area contributed by atoms with Gasteiger partial charge in [-0.25, -0.2) is 0 Å². The molecule has 68 valence electrons. The van der Waals surface area contributed by atoms with Crippen LogP contribution in [0.3, 0.4) is 0 Å². The SMILES string of the molecule is CC(=O)C1CC2CCPCC2N1. The normalized spacial score (nSPS) is 42.9. The van der Waals surface area contributed by atoms with Gasteiger partial charge in [0.15, 0.2) is 0 Å². The lowest BCUT2D eigenvalue weighted by Crippen LogP contribution is -2.37. The molecule has 0 bridgehead atoms. The molecule has 0 aromatic carbocycles. The smallest absolute Gasteiger partial charge is 0.146 e. The lowest BCUT2D eigenvalue weighted by molar-refractivity contribution is -0.118. The van der Waals surface area contributed by atoms with Crippen molar-refractivity contribution in [2.24, 2.45) is 5.92 Å². The van der Waals surface area contributed by atoms with Crippen LogP contribution < -0.4 is 5.32 Å². The highest BCUT2D eigenvalue weighted by Gasteiger charge is 2.36. The van der Waals surface area contributed by atoms with Crippen LogP contribution in [-0.4, -0.2) is 30.2 Å². The van der Waals surface area contributed by atoms with Gasteiger partial charge in [-0.15, -0.1) is 8.58 Å². The Kier molecular flexibility index (Phi) is 2.47. The zero-order valence-electron chi connectivity index (χ0n) is 7.47. The fourth-order valence-corrected chi connectivity index (χ4v) is 3.84. The topological polar surface area (TPSA) is 29.1 Å². The van der Waals surface area contributed by atoms with E-state index >= 15 is 0 Å². The number of hydrogen-bond acceptors (Lipinski definition) is 2. The zero-order valence-corrected chi connectivity index (χ0v) is 8.47. The maximum atomic E-state index is 11.1. The Hall–Kier alpha value is 0.0600. The van der Waals surface area contributed by atoms with E-state index in [0.29, 0.717) is 11.8 Å². The van der Waals surface area contributed by atoms with E-state index in [1.807, 2.05) is 0 Å². The number of fused-ring (bicyclic) bond motifs is 1. The Morgan fingerprint density at radius 2 is 2.42 bits per heavy atom. The fourth-order valence-electron chi connectivity index (χ4n) is 2.30. The first-order valence-corrected chi connectivity index (χ1v) is 6.16. The number of ketones is 1. The molecule has 0 amide bonds. The standard InChI is InChI=1S/C9H16NOP/c1-6(11)8-4-7-2-3-12-5-9(7)10-8/h7-10,12H,2-5H2,1H3. The molecular weight excluding hydrogens is 169 g/mol. The summed E-state index contributed by atoms with van der Waals surface area (Å²) in [7, 11) is 1.12. The Labute approximate surface area is 75.3 Å². The van der Waals surface area contributed by atoms with E-state index in [2.05, 4.69) is 5.32 Å². The molecule has 2 aliphatic heterocycles. The molecule has 0 radical (unpaired) electrons. The van der Waals surface area contributed by atoms with E-state index in [4.69, 9.17) is 0 Å². The number of rotatable bonds is 1. The number of carbonyl (C=O) groups excluding carboxylic acids is 1. The molecule has 12 heavy (non-hydrogen) atoms. The van der Waals surface area contributed by atoms with E-state index in [9.17, 15) is 4.79 Å². The summed E-state index contributed by atoms with van der Waals surface area (Å²) in [6, 6.07) is 0.855. The summed E-state index contributed by atoms with van der Waals surface area (Å²) in [6.07, 6.45) is 5.16. The quantitative estimate of drug-likeness (QED) is 0.617. The first-order chi connectivity index (χ1) is 5.77. The van der Waals surface area contributed by atoms with Crippen LogP contribution in [0.25, 0.3) is 0 Å².